The normalized spacial score (nSPS) is 17.3. The molecule has 1 aliphatic heterocycles. The molecular formula is C28H30ClN3O3S2. The summed E-state index contributed by atoms with van der Waals surface area (Å²) in [6, 6.07) is 19.9. The first kappa shape index (κ1) is 26.0. The van der Waals surface area contributed by atoms with Crippen LogP contribution in [-0.2, 0) is 16.6 Å². The molecule has 5 rings (SSSR count). The first-order valence-corrected chi connectivity index (χ1v) is 15.1. The topological polar surface area (TPSA) is 71.4 Å². The third-order valence-electron chi connectivity index (χ3n) is 6.98. The van der Waals surface area contributed by atoms with Crippen molar-refractivity contribution >= 4 is 48.9 Å². The van der Waals surface area contributed by atoms with Crippen LogP contribution in [0.3, 0.4) is 0 Å². The molecule has 0 unspecified atom stereocenters. The van der Waals surface area contributed by atoms with Crippen molar-refractivity contribution in [2.45, 2.75) is 44.2 Å². The second-order valence-corrected chi connectivity index (χ2v) is 12.9. The van der Waals surface area contributed by atoms with Crippen molar-refractivity contribution < 1.29 is 8.42 Å². The van der Waals surface area contributed by atoms with E-state index in [2.05, 4.69) is 28.7 Å². The van der Waals surface area contributed by atoms with Gasteiger partial charge in [-0.1, -0.05) is 60.2 Å². The van der Waals surface area contributed by atoms with E-state index in [-0.39, 0.29) is 9.77 Å². The minimum atomic E-state index is -3.79. The summed E-state index contributed by atoms with van der Waals surface area (Å²) in [5, 5.41) is 0.588. The van der Waals surface area contributed by atoms with Crippen LogP contribution in [0.4, 0.5) is 5.69 Å². The van der Waals surface area contributed by atoms with E-state index in [1.54, 1.807) is 28.8 Å². The van der Waals surface area contributed by atoms with Crippen molar-refractivity contribution in [3.8, 4) is 0 Å². The van der Waals surface area contributed by atoms with Gasteiger partial charge in [-0.3, -0.25) is 9.36 Å². The number of sulfonamides is 1. The monoisotopic (exact) mass is 555 g/mol. The lowest BCUT2D eigenvalue weighted by Crippen LogP contribution is -2.34. The van der Waals surface area contributed by atoms with Gasteiger partial charge in [-0.15, -0.1) is 0 Å². The number of rotatable bonds is 7. The van der Waals surface area contributed by atoms with Crippen LogP contribution in [0.5, 0.6) is 0 Å². The minimum Gasteiger partial charge on any atom is -0.371 e. The van der Waals surface area contributed by atoms with Gasteiger partial charge in [0, 0.05) is 29.8 Å². The molecule has 0 radical (unpaired) electrons. The van der Waals surface area contributed by atoms with E-state index in [1.807, 2.05) is 37.3 Å². The van der Waals surface area contributed by atoms with Crippen LogP contribution in [0.2, 0.25) is 5.02 Å². The van der Waals surface area contributed by atoms with Crippen LogP contribution < -0.4 is 14.5 Å². The molecule has 37 heavy (non-hydrogen) atoms. The van der Waals surface area contributed by atoms with Gasteiger partial charge in [-0.25, -0.2) is 13.1 Å². The highest BCUT2D eigenvalue weighted by Gasteiger charge is 2.21. The van der Waals surface area contributed by atoms with Gasteiger partial charge >= 0.3 is 4.87 Å². The highest BCUT2D eigenvalue weighted by Crippen LogP contribution is 2.27. The summed E-state index contributed by atoms with van der Waals surface area (Å²) >= 11 is 7.31. The molecule has 1 N–H and O–H groups in total. The predicted octanol–water partition coefficient (Wildman–Crippen LogP) is 6.04. The third kappa shape index (κ3) is 5.62. The van der Waals surface area contributed by atoms with E-state index >= 15 is 0 Å². The van der Waals surface area contributed by atoms with Gasteiger partial charge in [-0.2, -0.15) is 0 Å². The van der Waals surface area contributed by atoms with Gasteiger partial charge in [0.15, 0.2) is 0 Å². The SMILES string of the molecule is C[C@H]1CCCN(c2ccc([C@H](C)NS(=O)(=O)c3ccc4c(c3)sc(=O)n4Cc3ccccc3Cl)cc2)C1. The molecule has 194 valence electrons. The van der Waals surface area contributed by atoms with Gasteiger partial charge in [0.1, 0.15) is 0 Å². The number of nitrogens with one attached hydrogen (secondary N) is 1. The summed E-state index contributed by atoms with van der Waals surface area (Å²) in [7, 11) is -3.79. The number of hydrogen-bond acceptors (Lipinski definition) is 5. The minimum absolute atomic E-state index is 0.136. The van der Waals surface area contributed by atoms with Crippen LogP contribution >= 0.6 is 22.9 Å². The van der Waals surface area contributed by atoms with E-state index < -0.39 is 16.1 Å². The number of fused-ring (bicyclic) bond motifs is 1. The van der Waals surface area contributed by atoms with Crippen molar-refractivity contribution in [1.82, 2.24) is 9.29 Å². The maximum absolute atomic E-state index is 13.2. The zero-order valence-corrected chi connectivity index (χ0v) is 23.2. The number of halogens is 1. The molecule has 6 nitrogen and oxygen atoms in total. The Labute approximate surface area is 226 Å². The maximum atomic E-state index is 13.2. The summed E-state index contributed by atoms with van der Waals surface area (Å²) in [5.74, 6) is 0.683. The lowest BCUT2D eigenvalue weighted by Gasteiger charge is -2.33. The van der Waals surface area contributed by atoms with E-state index in [4.69, 9.17) is 11.6 Å². The number of benzene rings is 3. The van der Waals surface area contributed by atoms with Crippen LogP contribution in [-0.4, -0.2) is 26.1 Å². The van der Waals surface area contributed by atoms with Gasteiger partial charge in [0.25, 0.3) is 0 Å². The summed E-state index contributed by atoms with van der Waals surface area (Å²) < 4.78 is 31.5. The van der Waals surface area contributed by atoms with Gasteiger partial charge < -0.3 is 4.90 Å². The highest BCUT2D eigenvalue weighted by atomic mass is 35.5. The molecule has 4 aromatic rings. The van der Waals surface area contributed by atoms with Crippen molar-refractivity contribution in [2.24, 2.45) is 5.92 Å². The molecule has 9 heteroatoms. The Morgan fingerprint density at radius 1 is 1.11 bits per heavy atom. The first-order valence-electron chi connectivity index (χ1n) is 12.5. The van der Waals surface area contributed by atoms with Gasteiger partial charge in [0.05, 0.1) is 21.7 Å². The third-order valence-corrected chi connectivity index (χ3v) is 9.83. The lowest BCUT2D eigenvalue weighted by molar-refractivity contribution is 0.447. The van der Waals surface area contributed by atoms with Crippen molar-refractivity contribution in [3.05, 3.63) is 92.5 Å². The number of thiazole rings is 1. The van der Waals surface area contributed by atoms with Crippen LogP contribution in [0, 0.1) is 5.92 Å². The molecule has 1 aliphatic rings. The van der Waals surface area contributed by atoms with Crippen LogP contribution in [0.15, 0.2) is 76.4 Å². The summed E-state index contributed by atoms with van der Waals surface area (Å²) in [4.78, 5) is 15.1. The largest absolute Gasteiger partial charge is 0.371 e. The molecule has 1 saturated heterocycles. The molecule has 2 atom stereocenters. The molecule has 0 aliphatic carbocycles. The van der Waals surface area contributed by atoms with E-state index in [0.717, 1.165) is 35.6 Å². The number of nitrogens with zero attached hydrogens (tertiary/aromatic N) is 2. The second-order valence-electron chi connectivity index (χ2n) is 9.80. The quantitative estimate of drug-likeness (QED) is 0.302. The van der Waals surface area contributed by atoms with E-state index in [1.165, 1.54) is 18.5 Å². The molecule has 0 bridgehead atoms. The average molecular weight is 556 g/mol. The summed E-state index contributed by atoms with van der Waals surface area (Å²) in [6.07, 6.45) is 2.46. The Morgan fingerprint density at radius 2 is 1.86 bits per heavy atom. The fourth-order valence-electron chi connectivity index (χ4n) is 4.93. The Morgan fingerprint density at radius 3 is 2.59 bits per heavy atom. The predicted molar refractivity (Wildman–Crippen MR) is 152 cm³/mol. The average Bonchev–Trinajstić information content (AvgIpc) is 3.19. The number of piperidine rings is 1. The summed E-state index contributed by atoms with van der Waals surface area (Å²) in [5.41, 5.74) is 3.59. The lowest BCUT2D eigenvalue weighted by atomic mass is 9.99. The van der Waals surface area contributed by atoms with Crippen molar-refractivity contribution in [1.29, 1.82) is 0 Å². The van der Waals surface area contributed by atoms with E-state index in [0.29, 0.717) is 27.7 Å². The van der Waals surface area contributed by atoms with Crippen molar-refractivity contribution in [3.63, 3.8) is 0 Å². The molecule has 2 heterocycles. The first-order chi connectivity index (χ1) is 17.7. The Hall–Kier alpha value is -2.65. The zero-order valence-electron chi connectivity index (χ0n) is 20.9. The van der Waals surface area contributed by atoms with Crippen LogP contribution in [0.1, 0.15) is 43.9 Å². The summed E-state index contributed by atoms with van der Waals surface area (Å²) in [6.45, 7) is 6.55. The molecular weight excluding hydrogens is 526 g/mol. The standard InChI is InChI=1S/C28H30ClN3O3S2/c1-19-6-5-15-31(17-19)23-11-9-21(10-12-23)20(2)30-37(34,35)24-13-14-26-27(16-24)36-28(33)32(26)18-22-7-3-4-8-25(22)29/h3-4,7-14,16,19-20,30H,5-6,15,17-18H2,1-2H3/t19-,20-/m0/s1. The smallest absolute Gasteiger partial charge is 0.308 e. The highest BCUT2D eigenvalue weighted by molar-refractivity contribution is 7.89. The number of hydrogen-bond donors (Lipinski definition) is 1. The molecule has 3 aromatic carbocycles. The van der Waals surface area contributed by atoms with Crippen molar-refractivity contribution in [2.75, 3.05) is 18.0 Å². The molecule has 0 spiro atoms. The Balaban J connectivity index is 1.33. The second kappa shape index (κ2) is 10.6. The van der Waals surface area contributed by atoms with Gasteiger partial charge in [-0.05, 0) is 73.2 Å². The molecule has 0 amide bonds. The molecule has 1 aromatic heterocycles. The number of anilines is 1. The fourth-order valence-corrected chi connectivity index (χ4v) is 7.38. The number of aromatic nitrogens is 1. The Bertz CT molecular complexity index is 1580. The fraction of sp³-hybridized carbons (Fsp3) is 0.321. The molecule has 1 fully saturated rings. The maximum Gasteiger partial charge on any atom is 0.308 e. The van der Waals surface area contributed by atoms with Gasteiger partial charge in [0.2, 0.25) is 10.0 Å². The Kier molecular flexibility index (Phi) is 7.45. The van der Waals surface area contributed by atoms with E-state index in [9.17, 15) is 13.2 Å². The molecule has 0 saturated carbocycles. The zero-order chi connectivity index (χ0) is 26.2. The van der Waals surface area contributed by atoms with Crippen LogP contribution in [0.25, 0.3) is 10.2 Å².